The summed E-state index contributed by atoms with van der Waals surface area (Å²) in [6.07, 6.45) is 0. The zero-order chi connectivity index (χ0) is 12.8. The lowest BCUT2D eigenvalue weighted by Gasteiger charge is -2.10. The Labute approximate surface area is 111 Å². The maximum atomic E-state index is 11.1. The highest BCUT2D eigenvalue weighted by Gasteiger charge is 2.08. The number of nitrogens with zero attached hydrogens (tertiary/aromatic N) is 2. The first-order chi connectivity index (χ1) is 8.02. The highest BCUT2D eigenvalue weighted by atomic mass is 32.2. The zero-order valence-electron chi connectivity index (χ0n) is 10.2. The van der Waals surface area contributed by atoms with Crippen molar-refractivity contribution in [2.45, 2.75) is 19.6 Å². The van der Waals surface area contributed by atoms with Crippen molar-refractivity contribution in [3.63, 3.8) is 0 Å². The summed E-state index contributed by atoms with van der Waals surface area (Å²) in [5.74, 6) is 2.57. The molecule has 1 rings (SSSR count). The van der Waals surface area contributed by atoms with E-state index < -0.39 is 0 Å². The number of aromatic nitrogens is 1. The van der Waals surface area contributed by atoms with Crippen LogP contribution in [0.15, 0.2) is 4.52 Å². The van der Waals surface area contributed by atoms with Crippen molar-refractivity contribution in [3.05, 3.63) is 17.0 Å². The zero-order valence-corrected chi connectivity index (χ0v) is 11.9. The molecule has 0 aliphatic carbocycles. The predicted octanol–water partition coefficient (Wildman–Crippen LogP) is 2.01. The average molecular weight is 275 g/mol. The number of hydrogen-bond acceptors (Lipinski definition) is 5. The SMILES string of the molecule is Cc1noc(C)c1CSCCNC(=O)N(C)S. The molecule has 7 heteroatoms. The summed E-state index contributed by atoms with van der Waals surface area (Å²) in [5.41, 5.74) is 2.08. The molecule has 0 saturated carbocycles. The third-order valence-electron chi connectivity index (χ3n) is 2.24. The van der Waals surface area contributed by atoms with Gasteiger partial charge in [0.05, 0.1) is 5.69 Å². The van der Waals surface area contributed by atoms with Gasteiger partial charge in [-0.05, 0) is 13.8 Å². The third-order valence-corrected chi connectivity index (χ3v) is 3.41. The van der Waals surface area contributed by atoms with E-state index in [2.05, 4.69) is 23.3 Å². The number of amides is 2. The molecule has 1 aromatic rings. The normalized spacial score (nSPS) is 10.4. The van der Waals surface area contributed by atoms with Gasteiger partial charge in [0.25, 0.3) is 0 Å². The molecular formula is C10H17N3O2S2. The highest BCUT2D eigenvalue weighted by molar-refractivity contribution is 7.98. The Morgan fingerprint density at radius 2 is 2.29 bits per heavy atom. The first kappa shape index (κ1) is 14.2. The second kappa shape index (κ2) is 6.80. The molecule has 0 aromatic carbocycles. The Hall–Kier alpha value is -0.820. The van der Waals surface area contributed by atoms with Crippen molar-refractivity contribution in [1.82, 2.24) is 14.8 Å². The van der Waals surface area contributed by atoms with Crippen LogP contribution in [0.4, 0.5) is 4.79 Å². The third kappa shape index (κ3) is 4.51. The molecule has 0 fully saturated rings. The summed E-state index contributed by atoms with van der Waals surface area (Å²) in [6, 6.07) is -0.189. The second-order valence-electron chi connectivity index (χ2n) is 3.61. The molecule has 1 heterocycles. The first-order valence-electron chi connectivity index (χ1n) is 5.22. The minimum Gasteiger partial charge on any atom is -0.361 e. The van der Waals surface area contributed by atoms with Crippen molar-refractivity contribution in [2.24, 2.45) is 0 Å². The van der Waals surface area contributed by atoms with E-state index in [1.807, 2.05) is 13.8 Å². The maximum Gasteiger partial charge on any atom is 0.326 e. The van der Waals surface area contributed by atoms with Crippen LogP contribution in [0.1, 0.15) is 17.0 Å². The number of thioether (sulfide) groups is 1. The molecule has 1 N–H and O–H groups in total. The van der Waals surface area contributed by atoms with Crippen molar-refractivity contribution in [2.75, 3.05) is 19.3 Å². The number of nitrogens with one attached hydrogen (secondary N) is 1. The number of aryl methyl sites for hydroxylation is 2. The minimum atomic E-state index is -0.189. The van der Waals surface area contributed by atoms with Crippen LogP contribution in [0.25, 0.3) is 0 Å². The van der Waals surface area contributed by atoms with E-state index in [1.54, 1.807) is 18.8 Å². The van der Waals surface area contributed by atoms with E-state index in [4.69, 9.17) is 4.52 Å². The van der Waals surface area contributed by atoms with Crippen molar-refractivity contribution < 1.29 is 9.32 Å². The lowest BCUT2D eigenvalue weighted by atomic mass is 10.2. The van der Waals surface area contributed by atoms with Crippen LogP contribution in [-0.4, -0.2) is 34.8 Å². The van der Waals surface area contributed by atoms with Gasteiger partial charge in [0, 0.05) is 30.7 Å². The van der Waals surface area contributed by atoms with E-state index in [1.165, 1.54) is 4.31 Å². The number of hydrogen-bond donors (Lipinski definition) is 2. The Morgan fingerprint density at radius 1 is 1.59 bits per heavy atom. The molecule has 0 atom stereocenters. The Balaban J connectivity index is 2.19. The van der Waals surface area contributed by atoms with Crippen LogP contribution in [0.5, 0.6) is 0 Å². The highest BCUT2D eigenvalue weighted by Crippen LogP contribution is 2.18. The number of thiol groups is 1. The lowest BCUT2D eigenvalue weighted by Crippen LogP contribution is -2.32. The van der Waals surface area contributed by atoms with E-state index in [0.717, 1.165) is 28.5 Å². The summed E-state index contributed by atoms with van der Waals surface area (Å²) in [4.78, 5) is 11.1. The molecule has 0 aliphatic rings. The van der Waals surface area contributed by atoms with E-state index in [-0.39, 0.29) is 6.03 Å². The van der Waals surface area contributed by atoms with Crippen LogP contribution >= 0.6 is 24.6 Å². The lowest BCUT2D eigenvalue weighted by molar-refractivity contribution is 0.231. The molecule has 0 aliphatic heterocycles. The minimum absolute atomic E-state index is 0.189. The molecule has 17 heavy (non-hydrogen) atoms. The Kier molecular flexibility index (Phi) is 5.70. The van der Waals surface area contributed by atoms with Crippen LogP contribution < -0.4 is 5.32 Å². The molecule has 5 nitrogen and oxygen atoms in total. The number of rotatable bonds is 5. The van der Waals surface area contributed by atoms with Gasteiger partial charge in [-0.3, -0.25) is 4.31 Å². The molecule has 0 saturated heterocycles. The van der Waals surface area contributed by atoms with Crippen molar-refractivity contribution in [1.29, 1.82) is 0 Å². The van der Waals surface area contributed by atoms with Gasteiger partial charge < -0.3 is 9.84 Å². The van der Waals surface area contributed by atoms with E-state index in [0.29, 0.717) is 6.54 Å². The maximum absolute atomic E-state index is 11.1. The number of urea groups is 1. The van der Waals surface area contributed by atoms with Crippen molar-refractivity contribution in [3.8, 4) is 0 Å². The molecule has 0 unspecified atom stereocenters. The van der Waals surface area contributed by atoms with Gasteiger partial charge in [-0.15, -0.1) is 0 Å². The average Bonchev–Trinajstić information content (AvgIpc) is 2.59. The van der Waals surface area contributed by atoms with Crippen LogP contribution in [0.2, 0.25) is 0 Å². The quantitative estimate of drug-likeness (QED) is 0.637. The summed E-state index contributed by atoms with van der Waals surface area (Å²) in [7, 11) is 1.59. The van der Waals surface area contributed by atoms with Gasteiger partial charge in [-0.2, -0.15) is 11.8 Å². The summed E-state index contributed by atoms with van der Waals surface area (Å²) in [5, 5.41) is 6.63. The van der Waals surface area contributed by atoms with Gasteiger partial charge in [0.1, 0.15) is 5.76 Å². The van der Waals surface area contributed by atoms with E-state index >= 15 is 0 Å². The van der Waals surface area contributed by atoms with Gasteiger partial charge in [-0.25, -0.2) is 4.79 Å². The molecule has 0 bridgehead atoms. The van der Waals surface area contributed by atoms with Gasteiger partial charge in [-0.1, -0.05) is 18.0 Å². The molecule has 0 radical (unpaired) electrons. The summed E-state index contributed by atoms with van der Waals surface area (Å²) in [6.45, 7) is 4.47. The van der Waals surface area contributed by atoms with Gasteiger partial charge >= 0.3 is 6.03 Å². The molecule has 1 aromatic heterocycles. The smallest absolute Gasteiger partial charge is 0.326 e. The second-order valence-corrected chi connectivity index (χ2v) is 5.32. The van der Waals surface area contributed by atoms with Crippen LogP contribution in [-0.2, 0) is 5.75 Å². The molecular weight excluding hydrogens is 258 g/mol. The largest absolute Gasteiger partial charge is 0.361 e. The fourth-order valence-corrected chi connectivity index (χ4v) is 2.30. The van der Waals surface area contributed by atoms with Crippen molar-refractivity contribution >= 4 is 30.6 Å². The van der Waals surface area contributed by atoms with Crippen LogP contribution in [0, 0.1) is 13.8 Å². The molecule has 2 amide bonds. The predicted molar refractivity (Wildman–Crippen MR) is 72.3 cm³/mol. The van der Waals surface area contributed by atoms with Gasteiger partial charge in [0.2, 0.25) is 0 Å². The number of carbonyl (C=O) groups is 1. The van der Waals surface area contributed by atoms with E-state index in [9.17, 15) is 4.79 Å². The Morgan fingerprint density at radius 3 is 2.82 bits per heavy atom. The molecule has 0 spiro atoms. The fourth-order valence-electron chi connectivity index (χ4n) is 1.23. The fraction of sp³-hybridized carbons (Fsp3) is 0.600. The Bertz CT molecular complexity index is 360. The molecule has 96 valence electrons. The summed E-state index contributed by atoms with van der Waals surface area (Å²) < 4.78 is 6.29. The first-order valence-corrected chi connectivity index (χ1v) is 6.77. The number of carbonyl (C=O) groups excluding carboxylic acids is 1. The standard InChI is InChI=1S/C10H17N3O2S2/c1-7-9(8(2)15-12-7)6-17-5-4-11-10(14)13(3)16/h16H,4-6H2,1-3H3,(H,11,14). The monoisotopic (exact) mass is 275 g/mol. The van der Waals surface area contributed by atoms with Gasteiger partial charge in [0.15, 0.2) is 0 Å². The summed E-state index contributed by atoms with van der Waals surface area (Å²) >= 11 is 5.62. The topological polar surface area (TPSA) is 58.4 Å². The van der Waals surface area contributed by atoms with Crippen LogP contribution in [0.3, 0.4) is 0 Å².